The van der Waals surface area contributed by atoms with E-state index in [-0.39, 0.29) is 12.5 Å². The SMILES string of the molecule is COc1ccccc1OCC(=O)Nc1ccc(Oc2cc(-n3nc(C)cc3C)nc(C)n2)cc1. The van der Waals surface area contributed by atoms with Crippen LogP contribution in [0.4, 0.5) is 5.69 Å². The molecule has 9 nitrogen and oxygen atoms in total. The molecule has 4 aromatic rings. The zero-order chi connectivity index (χ0) is 24.1. The Morgan fingerprint density at radius 1 is 0.971 bits per heavy atom. The average molecular weight is 460 g/mol. The van der Waals surface area contributed by atoms with Crippen molar-refractivity contribution in [3.8, 4) is 28.9 Å². The van der Waals surface area contributed by atoms with Crippen molar-refractivity contribution >= 4 is 11.6 Å². The number of anilines is 1. The van der Waals surface area contributed by atoms with Crippen molar-refractivity contribution in [2.24, 2.45) is 0 Å². The molecule has 0 unspecified atom stereocenters. The smallest absolute Gasteiger partial charge is 0.262 e. The number of rotatable bonds is 8. The van der Waals surface area contributed by atoms with E-state index >= 15 is 0 Å². The predicted octanol–water partition coefficient (Wildman–Crippen LogP) is 4.41. The Hall–Kier alpha value is -4.40. The van der Waals surface area contributed by atoms with Gasteiger partial charge >= 0.3 is 0 Å². The molecule has 0 radical (unpaired) electrons. The van der Waals surface area contributed by atoms with Crippen molar-refractivity contribution < 1.29 is 19.0 Å². The van der Waals surface area contributed by atoms with E-state index in [2.05, 4.69) is 20.4 Å². The number of methoxy groups -OCH3 is 1. The normalized spacial score (nSPS) is 10.6. The molecule has 0 saturated heterocycles. The van der Waals surface area contributed by atoms with Crippen LogP contribution in [0.15, 0.2) is 60.7 Å². The fourth-order valence-electron chi connectivity index (χ4n) is 3.35. The number of hydrogen-bond donors (Lipinski definition) is 1. The minimum absolute atomic E-state index is 0.145. The van der Waals surface area contributed by atoms with Crippen LogP contribution in [0, 0.1) is 20.8 Å². The number of nitrogens with one attached hydrogen (secondary N) is 1. The van der Waals surface area contributed by atoms with Gasteiger partial charge in [-0.3, -0.25) is 4.79 Å². The largest absolute Gasteiger partial charge is 0.493 e. The number of hydrogen-bond acceptors (Lipinski definition) is 7. The molecule has 0 aliphatic heterocycles. The fourth-order valence-corrected chi connectivity index (χ4v) is 3.35. The number of amides is 1. The van der Waals surface area contributed by atoms with Crippen molar-refractivity contribution in [1.29, 1.82) is 0 Å². The first-order chi connectivity index (χ1) is 16.4. The van der Waals surface area contributed by atoms with Crippen LogP contribution in [0.25, 0.3) is 5.82 Å². The van der Waals surface area contributed by atoms with Crippen molar-refractivity contribution in [2.45, 2.75) is 20.8 Å². The standard InChI is InChI=1S/C25H25N5O4/c1-16-13-17(2)30(29-16)23-14-25(27-18(3)26-23)34-20-11-9-19(10-12-20)28-24(31)15-33-22-8-6-5-7-21(22)32-4/h5-14H,15H2,1-4H3,(H,28,31). The van der Waals surface area contributed by atoms with Crippen molar-refractivity contribution in [2.75, 3.05) is 19.0 Å². The Balaban J connectivity index is 1.38. The minimum atomic E-state index is -0.291. The second kappa shape index (κ2) is 10.0. The molecule has 1 N–H and O–H groups in total. The molecule has 0 fully saturated rings. The first-order valence-corrected chi connectivity index (χ1v) is 10.6. The van der Waals surface area contributed by atoms with Crippen molar-refractivity contribution in [3.63, 3.8) is 0 Å². The Morgan fingerprint density at radius 2 is 1.71 bits per heavy atom. The number of benzene rings is 2. The number of aryl methyl sites for hydroxylation is 3. The number of para-hydroxylation sites is 2. The molecule has 0 atom stereocenters. The molecule has 0 aliphatic rings. The number of nitrogens with zero attached hydrogens (tertiary/aromatic N) is 4. The fraction of sp³-hybridized carbons (Fsp3) is 0.200. The topological polar surface area (TPSA) is 100 Å². The molecule has 2 heterocycles. The second-order valence-electron chi connectivity index (χ2n) is 7.56. The third-order valence-corrected chi connectivity index (χ3v) is 4.82. The molecule has 34 heavy (non-hydrogen) atoms. The van der Waals surface area contributed by atoms with Crippen LogP contribution in [-0.4, -0.2) is 39.4 Å². The van der Waals surface area contributed by atoms with Crippen LogP contribution in [0.1, 0.15) is 17.2 Å². The lowest BCUT2D eigenvalue weighted by atomic mass is 10.3. The number of aromatic nitrogens is 4. The van der Waals surface area contributed by atoms with Gasteiger partial charge in [0.05, 0.1) is 12.8 Å². The molecule has 4 rings (SSSR count). The summed E-state index contributed by atoms with van der Waals surface area (Å²) in [5.74, 6) is 2.95. The summed E-state index contributed by atoms with van der Waals surface area (Å²) in [6.07, 6.45) is 0. The van der Waals surface area contributed by atoms with Crippen LogP contribution in [0.2, 0.25) is 0 Å². The van der Waals surface area contributed by atoms with Gasteiger partial charge in [-0.05, 0) is 63.2 Å². The summed E-state index contributed by atoms with van der Waals surface area (Å²) < 4.78 is 18.4. The van der Waals surface area contributed by atoms with E-state index in [1.165, 1.54) is 0 Å². The van der Waals surface area contributed by atoms with E-state index in [0.717, 1.165) is 11.4 Å². The Labute approximate surface area is 197 Å². The highest BCUT2D eigenvalue weighted by molar-refractivity contribution is 5.91. The minimum Gasteiger partial charge on any atom is -0.493 e. The van der Waals surface area contributed by atoms with Gasteiger partial charge in [0.1, 0.15) is 11.6 Å². The molecule has 174 valence electrons. The third kappa shape index (κ3) is 5.50. The van der Waals surface area contributed by atoms with E-state index in [9.17, 15) is 4.79 Å². The summed E-state index contributed by atoms with van der Waals surface area (Å²) in [4.78, 5) is 21.1. The molecule has 1 amide bonds. The maximum atomic E-state index is 12.3. The van der Waals surface area contributed by atoms with Gasteiger partial charge in [0, 0.05) is 17.4 Å². The molecular weight excluding hydrogens is 434 g/mol. The van der Waals surface area contributed by atoms with E-state index in [4.69, 9.17) is 14.2 Å². The lowest BCUT2D eigenvalue weighted by Gasteiger charge is -2.11. The highest BCUT2D eigenvalue weighted by Gasteiger charge is 2.11. The van der Waals surface area contributed by atoms with Crippen LogP contribution in [0.3, 0.4) is 0 Å². The van der Waals surface area contributed by atoms with Gasteiger partial charge in [-0.15, -0.1) is 0 Å². The van der Waals surface area contributed by atoms with Gasteiger partial charge in [0.25, 0.3) is 5.91 Å². The van der Waals surface area contributed by atoms with Gasteiger partial charge in [-0.1, -0.05) is 12.1 Å². The molecule has 0 bridgehead atoms. The van der Waals surface area contributed by atoms with Gasteiger partial charge in [0.15, 0.2) is 23.9 Å². The zero-order valence-corrected chi connectivity index (χ0v) is 19.4. The maximum Gasteiger partial charge on any atom is 0.262 e. The summed E-state index contributed by atoms with van der Waals surface area (Å²) in [5, 5.41) is 7.26. The van der Waals surface area contributed by atoms with Crippen molar-refractivity contribution in [1.82, 2.24) is 19.7 Å². The van der Waals surface area contributed by atoms with E-state index < -0.39 is 0 Å². The van der Waals surface area contributed by atoms with Crippen LogP contribution in [0.5, 0.6) is 23.1 Å². The van der Waals surface area contributed by atoms with Crippen LogP contribution < -0.4 is 19.5 Å². The van der Waals surface area contributed by atoms with Crippen LogP contribution >= 0.6 is 0 Å². The zero-order valence-electron chi connectivity index (χ0n) is 19.4. The quantitative estimate of drug-likeness (QED) is 0.417. The van der Waals surface area contributed by atoms with E-state index in [1.54, 1.807) is 61.2 Å². The Bertz CT molecular complexity index is 1300. The first kappa shape index (κ1) is 22.8. The molecular formula is C25H25N5O4. The summed E-state index contributed by atoms with van der Waals surface area (Å²) in [5.41, 5.74) is 2.49. The predicted molar refractivity (Wildman–Crippen MR) is 127 cm³/mol. The number of ether oxygens (including phenoxy) is 3. The maximum absolute atomic E-state index is 12.3. The Morgan fingerprint density at radius 3 is 2.38 bits per heavy atom. The Kier molecular flexibility index (Phi) is 6.72. The highest BCUT2D eigenvalue weighted by atomic mass is 16.5. The lowest BCUT2D eigenvalue weighted by Crippen LogP contribution is -2.20. The lowest BCUT2D eigenvalue weighted by molar-refractivity contribution is -0.118. The first-order valence-electron chi connectivity index (χ1n) is 10.6. The van der Waals surface area contributed by atoms with Crippen LogP contribution in [-0.2, 0) is 4.79 Å². The van der Waals surface area contributed by atoms with Gasteiger partial charge in [0.2, 0.25) is 5.88 Å². The molecule has 0 spiro atoms. The van der Waals surface area contributed by atoms with Gasteiger partial charge in [-0.2, -0.15) is 10.1 Å². The molecule has 0 aliphatic carbocycles. The average Bonchev–Trinajstić information content (AvgIpc) is 3.16. The summed E-state index contributed by atoms with van der Waals surface area (Å²) in [7, 11) is 1.55. The second-order valence-corrected chi connectivity index (χ2v) is 7.56. The summed E-state index contributed by atoms with van der Waals surface area (Å²) in [6, 6.07) is 17.8. The van der Waals surface area contributed by atoms with Gasteiger partial charge < -0.3 is 19.5 Å². The van der Waals surface area contributed by atoms with E-state index in [0.29, 0.717) is 40.5 Å². The summed E-state index contributed by atoms with van der Waals surface area (Å²) in [6.45, 7) is 5.55. The third-order valence-electron chi connectivity index (χ3n) is 4.82. The summed E-state index contributed by atoms with van der Waals surface area (Å²) >= 11 is 0. The van der Waals surface area contributed by atoms with Crippen molar-refractivity contribution in [3.05, 3.63) is 77.9 Å². The number of carbonyl (C=O) groups excluding carboxylic acids is 1. The van der Waals surface area contributed by atoms with Gasteiger partial charge in [-0.25, -0.2) is 9.67 Å². The molecule has 9 heteroatoms. The molecule has 2 aromatic heterocycles. The monoisotopic (exact) mass is 459 g/mol. The van der Waals surface area contributed by atoms with E-state index in [1.807, 2.05) is 32.0 Å². The molecule has 0 saturated carbocycles. The number of carbonyl (C=O) groups is 1. The highest BCUT2D eigenvalue weighted by Crippen LogP contribution is 2.26. The molecule has 2 aromatic carbocycles.